The summed E-state index contributed by atoms with van der Waals surface area (Å²) in [6.45, 7) is 3.01. The average molecular weight is 483 g/mol. The standard InChI is InChI=1S/C23H24Cl2O7/c1-15(21(26)29-13-17-9-5-3-6-10-17)19(24)31-23(28)32-20(25)16(2)22(27)30-14-18-11-7-4-8-12-18/h3-12,15-16,19-20H,13-14H2,1-2H3/t15-,16-,19?,20?/m1/s1. The van der Waals surface area contributed by atoms with E-state index < -0.39 is 41.1 Å². The molecular weight excluding hydrogens is 459 g/mol. The second-order valence-electron chi connectivity index (χ2n) is 6.95. The fourth-order valence-electron chi connectivity index (χ4n) is 2.35. The predicted octanol–water partition coefficient (Wildman–Crippen LogP) is 5.03. The summed E-state index contributed by atoms with van der Waals surface area (Å²) in [6, 6.07) is 18.2. The number of alkyl halides is 2. The monoisotopic (exact) mass is 482 g/mol. The van der Waals surface area contributed by atoms with Gasteiger partial charge in [0.05, 0.1) is 0 Å². The molecule has 0 bridgehead atoms. The molecule has 9 heteroatoms. The lowest BCUT2D eigenvalue weighted by molar-refractivity contribution is -0.152. The molecule has 2 aromatic rings. The molecule has 4 atom stereocenters. The first-order valence-corrected chi connectivity index (χ1v) is 10.7. The quantitative estimate of drug-likeness (QED) is 0.266. The normalized spacial score (nSPS) is 14.4. The van der Waals surface area contributed by atoms with Gasteiger partial charge in [0.2, 0.25) is 0 Å². The van der Waals surface area contributed by atoms with E-state index in [4.69, 9.17) is 42.1 Å². The van der Waals surface area contributed by atoms with Gasteiger partial charge in [-0.15, -0.1) is 0 Å². The van der Waals surface area contributed by atoms with Gasteiger partial charge in [-0.05, 0) is 25.0 Å². The molecule has 0 radical (unpaired) electrons. The molecule has 0 heterocycles. The van der Waals surface area contributed by atoms with Gasteiger partial charge in [-0.25, -0.2) is 4.79 Å². The Labute approximate surface area is 196 Å². The highest BCUT2D eigenvalue weighted by Crippen LogP contribution is 2.19. The zero-order valence-electron chi connectivity index (χ0n) is 17.6. The zero-order valence-corrected chi connectivity index (χ0v) is 19.1. The van der Waals surface area contributed by atoms with E-state index >= 15 is 0 Å². The van der Waals surface area contributed by atoms with Gasteiger partial charge < -0.3 is 18.9 Å². The summed E-state index contributed by atoms with van der Waals surface area (Å²) < 4.78 is 20.1. The maximum Gasteiger partial charge on any atom is 0.511 e. The lowest BCUT2D eigenvalue weighted by atomic mass is 10.2. The highest BCUT2D eigenvalue weighted by atomic mass is 35.5. The van der Waals surface area contributed by atoms with Crippen LogP contribution >= 0.6 is 23.2 Å². The van der Waals surface area contributed by atoms with Crippen molar-refractivity contribution >= 4 is 41.3 Å². The van der Waals surface area contributed by atoms with E-state index in [0.29, 0.717) is 0 Å². The minimum absolute atomic E-state index is 0.0600. The largest absolute Gasteiger partial charge is 0.511 e. The van der Waals surface area contributed by atoms with Gasteiger partial charge in [0.15, 0.2) is 11.1 Å². The fourth-order valence-corrected chi connectivity index (χ4v) is 2.70. The summed E-state index contributed by atoms with van der Waals surface area (Å²) in [5.41, 5.74) is -1.10. The summed E-state index contributed by atoms with van der Waals surface area (Å²) in [7, 11) is 0. The van der Waals surface area contributed by atoms with Crippen molar-refractivity contribution in [1.29, 1.82) is 0 Å². The van der Waals surface area contributed by atoms with Crippen molar-refractivity contribution in [2.24, 2.45) is 11.8 Å². The van der Waals surface area contributed by atoms with E-state index in [1.807, 2.05) is 36.4 Å². The van der Waals surface area contributed by atoms with E-state index in [9.17, 15) is 14.4 Å². The van der Waals surface area contributed by atoms with Crippen LogP contribution in [0, 0.1) is 11.8 Å². The molecule has 0 aliphatic rings. The first kappa shape index (κ1) is 25.5. The van der Waals surface area contributed by atoms with Gasteiger partial charge in [0.1, 0.15) is 25.0 Å². The van der Waals surface area contributed by atoms with Gasteiger partial charge in [-0.2, -0.15) is 0 Å². The van der Waals surface area contributed by atoms with Gasteiger partial charge in [-0.3, -0.25) is 9.59 Å². The maximum atomic E-state index is 12.1. The highest BCUT2D eigenvalue weighted by molar-refractivity contribution is 6.22. The van der Waals surface area contributed by atoms with Crippen LogP contribution in [0.3, 0.4) is 0 Å². The van der Waals surface area contributed by atoms with Crippen LogP contribution in [0.5, 0.6) is 0 Å². The zero-order chi connectivity index (χ0) is 23.5. The van der Waals surface area contributed by atoms with E-state index in [-0.39, 0.29) is 13.2 Å². The van der Waals surface area contributed by atoms with E-state index in [1.54, 1.807) is 24.3 Å². The minimum Gasteiger partial charge on any atom is -0.460 e. The molecule has 0 spiro atoms. The molecule has 0 N–H and O–H groups in total. The summed E-state index contributed by atoms with van der Waals surface area (Å²) in [5.74, 6) is -3.23. The molecule has 0 fully saturated rings. The third kappa shape index (κ3) is 8.40. The molecule has 2 unspecified atom stereocenters. The molecule has 0 saturated carbocycles. The van der Waals surface area contributed by atoms with Crippen molar-refractivity contribution in [3.8, 4) is 0 Å². The molecule has 2 aromatic carbocycles. The summed E-state index contributed by atoms with van der Waals surface area (Å²) in [5, 5.41) is 0. The molecule has 7 nitrogen and oxygen atoms in total. The van der Waals surface area contributed by atoms with Crippen molar-refractivity contribution in [2.75, 3.05) is 0 Å². The smallest absolute Gasteiger partial charge is 0.460 e. The number of hydrogen-bond donors (Lipinski definition) is 0. The van der Waals surface area contributed by atoms with Crippen molar-refractivity contribution in [1.82, 2.24) is 0 Å². The number of hydrogen-bond acceptors (Lipinski definition) is 7. The maximum absolute atomic E-state index is 12.1. The first-order valence-electron chi connectivity index (χ1n) is 9.84. The molecule has 0 aliphatic carbocycles. The molecule has 2 rings (SSSR count). The minimum atomic E-state index is -1.35. The Kier molecular flexibility index (Phi) is 10.3. The molecule has 0 saturated heterocycles. The number of rotatable bonds is 10. The van der Waals surface area contributed by atoms with E-state index in [2.05, 4.69) is 0 Å². The van der Waals surface area contributed by atoms with Crippen LogP contribution < -0.4 is 0 Å². The van der Waals surface area contributed by atoms with Gasteiger partial charge >= 0.3 is 18.1 Å². The number of carbonyl (C=O) groups is 3. The third-order valence-corrected chi connectivity index (χ3v) is 5.33. The molecule has 0 amide bonds. The molecule has 0 aliphatic heterocycles. The molecule has 0 aromatic heterocycles. The Morgan fingerprint density at radius 3 is 1.38 bits per heavy atom. The number of esters is 2. The van der Waals surface area contributed by atoms with Crippen LogP contribution in [0.25, 0.3) is 0 Å². The van der Waals surface area contributed by atoms with E-state index in [1.165, 1.54) is 13.8 Å². The van der Waals surface area contributed by atoms with Gasteiger partial charge in [-0.1, -0.05) is 83.9 Å². The Bertz CT molecular complexity index is 805. The molecule has 172 valence electrons. The summed E-state index contributed by atoms with van der Waals surface area (Å²) >= 11 is 12.0. The Morgan fingerprint density at radius 2 is 1.03 bits per heavy atom. The Morgan fingerprint density at radius 1 is 0.688 bits per heavy atom. The Hall–Kier alpha value is -2.77. The topological polar surface area (TPSA) is 88.1 Å². The van der Waals surface area contributed by atoms with Crippen molar-refractivity contribution < 1.29 is 33.3 Å². The van der Waals surface area contributed by atoms with Crippen LogP contribution in [0.4, 0.5) is 4.79 Å². The summed E-state index contributed by atoms with van der Waals surface area (Å²) in [6.07, 6.45) is -1.23. The Balaban J connectivity index is 1.74. The number of ether oxygens (including phenoxy) is 4. The molecule has 32 heavy (non-hydrogen) atoms. The number of carbonyl (C=O) groups excluding carboxylic acids is 3. The third-order valence-electron chi connectivity index (χ3n) is 4.40. The van der Waals surface area contributed by atoms with Crippen molar-refractivity contribution in [3.05, 3.63) is 71.8 Å². The average Bonchev–Trinajstić information content (AvgIpc) is 2.81. The summed E-state index contributed by atoms with van der Waals surface area (Å²) in [4.78, 5) is 36.2. The first-order chi connectivity index (χ1) is 15.3. The second-order valence-corrected chi connectivity index (χ2v) is 7.81. The van der Waals surface area contributed by atoms with Crippen LogP contribution in [0.2, 0.25) is 0 Å². The fraction of sp³-hybridized carbons (Fsp3) is 0.348. The predicted molar refractivity (Wildman–Crippen MR) is 118 cm³/mol. The number of halogens is 2. The lowest BCUT2D eigenvalue weighted by Gasteiger charge is -2.20. The SMILES string of the molecule is C[C@@H](C(=O)OCc1ccccc1)C(Cl)OC(=O)OC(Cl)[C@@H](C)C(=O)OCc1ccccc1. The van der Waals surface area contributed by atoms with Crippen LogP contribution in [0.1, 0.15) is 25.0 Å². The van der Waals surface area contributed by atoms with Crippen LogP contribution in [-0.4, -0.2) is 29.2 Å². The van der Waals surface area contributed by atoms with Crippen molar-refractivity contribution in [2.45, 2.75) is 38.2 Å². The van der Waals surface area contributed by atoms with E-state index in [0.717, 1.165) is 11.1 Å². The van der Waals surface area contributed by atoms with Crippen LogP contribution in [0.15, 0.2) is 60.7 Å². The molecular formula is C23H24Cl2O7. The lowest BCUT2D eigenvalue weighted by Crippen LogP contribution is -2.31. The number of benzene rings is 2. The van der Waals surface area contributed by atoms with Gasteiger partial charge in [0, 0.05) is 0 Å². The second kappa shape index (κ2) is 12.9. The van der Waals surface area contributed by atoms with Gasteiger partial charge in [0.25, 0.3) is 0 Å². The van der Waals surface area contributed by atoms with Crippen molar-refractivity contribution in [3.63, 3.8) is 0 Å². The van der Waals surface area contributed by atoms with Crippen LogP contribution in [-0.2, 0) is 41.8 Å². The highest BCUT2D eigenvalue weighted by Gasteiger charge is 2.31.